The molecule has 1 saturated heterocycles. The van der Waals surface area contributed by atoms with E-state index >= 15 is 0 Å². The van der Waals surface area contributed by atoms with E-state index in [1.54, 1.807) is 22.7 Å². The molecule has 7 nitrogen and oxygen atoms in total. The lowest BCUT2D eigenvalue weighted by Crippen LogP contribution is -2.47. The largest absolute Gasteiger partial charge is 0.354 e. The van der Waals surface area contributed by atoms with E-state index in [-0.39, 0.29) is 11.8 Å². The zero-order chi connectivity index (χ0) is 17.1. The molecule has 1 fully saturated rings. The number of hydrogen-bond donors (Lipinski definition) is 2. The summed E-state index contributed by atoms with van der Waals surface area (Å²) in [4.78, 5) is 31.0. The first kappa shape index (κ1) is 16.8. The van der Waals surface area contributed by atoms with Gasteiger partial charge in [-0.3, -0.25) is 14.7 Å². The van der Waals surface area contributed by atoms with Gasteiger partial charge in [-0.1, -0.05) is 13.3 Å². The van der Waals surface area contributed by atoms with Gasteiger partial charge in [0.2, 0.25) is 5.91 Å². The average molecular weight is 347 g/mol. The summed E-state index contributed by atoms with van der Waals surface area (Å²) in [6.07, 6.45) is 3.50. The molecule has 0 saturated carbocycles. The van der Waals surface area contributed by atoms with Gasteiger partial charge in [0.1, 0.15) is 6.04 Å². The molecule has 0 radical (unpaired) electrons. The number of H-pyrrole nitrogens is 1. The van der Waals surface area contributed by atoms with E-state index in [2.05, 4.69) is 27.4 Å². The van der Waals surface area contributed by atoms with Gasteiger partial charge in [0.05, 0.1) is 11.4 Å². The fourth-order valence-corrected chi connectivity index (χ4v) is 3.82. The number of unbranched alkanes of at least 4 members (excludes halogenated alkanes) is 1. The third-order valence-corrected chi connectivity index (χ3v) is 5.13. The Hall–Kier alpha value is -2.09. The van der Waals surface area contributed by atoms with Crippen molar-refractivity contribution in [2.75, 3.05) is 18.2 Å². The van der Waals surface area contributed by atoms with E-state index < -0.39 is 6.04 Å². The van der Waals surface area contributed by atoms with Crippen molar-refractivity contribution in [1.29, 1.82) is 0 Å². The van der Waals surface area contributed by atoms with Crippen molar-refractivity contribution in [3.05, 3.63) is 23.5 Å². The highest BCUT2D eigenvalue weighted by Crippen LogP contribution is 2.24. The van der Waals surface area contributed by atoms with Gasteiger partial charge in [0.15, 0.2) is 5.65 Å². The van der Waals surface area contributed by atoms with Crippen molar-refractivity contribution < 1.29 is 9.59 Å². The Labute approximate surface area is 144 Å². The van der Waals surface area contributed by atoms with Crippen LogP contribution in [0.3, 0.4) is 0 Å². The number of thioether (sulfide) groups is 1. The molecule has 0 unspecified atom stereocenters. The number of carbonyl (C=O) groups excluding carboxylic acids is 2. The number of amides is 2. The van der Waals surface area contributed by atoms with Crippen LogP contribution in [0.2, 0.25) is 0 Å². The lowest BCUT2D eigenvalue weighted by Gasteiger charge is -2.23. The second-order valence-corrected chi connectivity index (χ2v) is 6.88. The van der Waals surface area contributed by atoms with Crippen molar-refractivity contribution in [3.8, 4) is 0 Å². The lowest BCUT2D eigenvalue weighted by molar-refractivity contribution is -0.124. The van der Waals surface area contributed by atoms with Gasteiger partial charge in [-0.05, 0) is 19.4 Å². The number of aromatic amines is 1. The third-order valence-electron chi connectivity index (χ3n) is 4.12. The van der Waals surface area contributed by atoms with Crippen molar-refractivity contribution in [3.63, 3.8) is 0 Å². The zero-order valence-electron chi connectivity index (χ0n) is 13.8. The number of rotatable bonds is 5. The summed E-state index contributed by atoms with van der Waals surface area (Å²) < 4.78 is 0. The smallest absolute Gasteiger partial charge is 0.256 e. The summed E-state index contributed by atoms with van der Waals surface area (Å²) in [6, 6.07) is 1.37. The molecular weight excluding hydrogens is 326 g/mol. The Balaban J connectivity index is 1.76. The average Bonchev–Trinajstić information content (AvgIpc) is 3.21. The van der Waals surface area contributed by atoms with Crippen molar-refractivity contribution in [1.82, 2.24) is 25.4 Å². The molecule has 1 atom stereocenters. The minimum atomic E-state index is -0.416. The number of aryl methyl sites for hydroxylation is 1. The number of fused-ring (bicyclic) bond motifs is 1. The highest BCUT2D eigenvalue weighted by molar-refractivity contribution is 7.99. The van der Waals surface area contributed by atoms with Crippen LogP contribution in [0.25, 0.3) is 11.0 Å². The second kappa shape index (κ2) is 7.21. The minimum absolute atomic E-state index is 0.0738. The Morgan fingerprint density at radius 2 is 2.33 bits per heavy atom. The van der Waals surface area contributed by atoms with Crippen LogP contribution in [0.15, 0.2) is 12.3 Å². The maximum Gasteiger partial charge on any atom is 0.256 e. The molecule has 2 amide bonds. The number of nitrogens with zero attached hydrogens (tertiary/aromatic N) is 3. The number of pyridine rings is 1. The summed E-state index contributed by atoms with van der Waals surface area (Å²) in [5.41, 5.74) is 1.95. The SMILES string of the molecule is CCCCNC(=O)[C@@H]1CSCN1C(=O)c1cnc2n[nH]c(C)c2c1. The summed E-state index contributed by atoms with van der Waals surface area (Å²) in [6.45, 7) is 4.62. The van der Waals surface area contributed by atoms with E-state index in [9.17, 15) is 9.59 Å². The first-order valence-electron chi connectivity index (χ1n) is 8.09. The van der Waals surface area contributed by atoms with Crippen LogP contribution in [0.4, 0.5) is 0 Å². The van der Waals surface area contributed by atoms with Crippen LogP contribution in [-0.4, -0.2) is 56.1 Å². The number of carbonyl (C=O) groups is 2. The molecule has 2 aromatic rings. The molecule has 0 aromatic carbocycles. The monoisotopic (exact) mass is 347 g/mol. The summed E-state index contributed by atoms with van der Waals surface area (Å²) >= 11 is 1.59. The van der Waals surface area contributed by atoms with Crippen LogP contribution in [0, 0.1) is 6.92 Å². The summed E-state index contributed by atoms with van der Waals surface area (Å²) in [5.74, 6) is 0.915. The summed E-state index contributed by atoms with van der Waals surface area (Å²) in [7, 11) is 0. The molecule has 2 aromatic heterocycles. The minimum Gasteiger partial charge on any atom is -0.354 e. The molecule has 24 heavy (non-hydrogen) atoms. The molecule has 0 aliphatic carbocycles. The number of nitrogens with one attached hydrogen (secondary N) is 2. The molecule has 8 heteroatoms. The van der Waals surface area contributed by atoms with Gasteiger partial charge in [-0.25, -0.2) is 4.98 Å². The van der Waals surface area contributed by atoms with E-state index in [1.165, 1.54) is 6.20 Å². The molecule has 1 aliphatic rings. The Bertz CT molecular complexity index is 760. The van der Waals surface area contributed by atoms with E-state index in [1.807, 2.05) is 6.92 Å². The topological polar surface area (TPSA) is 91.0 Å². The third kappa shape index (κ3) is 3.24. The molecular formula is C16H21N5O2S. The fourth-order valence-electron chi connectivity index (χ4n) is 2.67. The predicted molar refractivity (Wildman–Crippen MR) is 93.8 cm³/mol. The standard InChI is InChI=1S/C16H21N5O2S/c1-3-4-5-17-15(22)13-8-24-9-21(13)16(23)11-6-12-10(2)19-20-14(12)18-7-11/h6-7,13H,3-5,8-9H2,1-2H3,(H,17,22)(H,18,19,20)/t13-/m0/s1. The fraction of sp³-hybridized carbons (Fsp3) is 0.500. The maximum absolute atomic E-state index is 12.8. The molecule has 1 aliphatic heterocycles. The lowest BCUT2D eigenvalue weighted by atomic mass is 10.1. The van der Waals surface area contributed by atoms with Crippen LogP contribution < -0.4 is 5.32 Å². The van der Waals surface area contributed by atoms with E-state index in [4.69, 9.17) is 0 Å². The van der Waals surface area contributed by atoms with Crippen molar-refractivity contribution in [2.24, 2.45) is 0 Å². The molecule has 2 N–H and O–H groups in total. The van der Waals surface area contributed by atoms with Gasteiger partial charge in [0.25, 0.3) is 5.91 Å². The first-order valence-corrected chi connectivity index (χ1v) is 9.24. The summed E-state index contributed by atoms with van der Waals surface area (Å²) in [5, 5.41) is 10.7. The van der Waals surface area contributed by atoms with Gasteiger partial charge >= 0.3 is 0 Å². The Morgan fingerprint density at radius 1 is 1.50 bits per heavy atom. The predicted octanol–water partition coefficient (Wildman–Crippen LogP) is 1.70. The van der Waals surface area contributed by atoms with Crippen LogP contribution >= 0.6 is 11.8 Å². The molecule has 0 bridgehead atoms. The van der Waals surface area contributed by atoms with Crippen LogP contribution in [0.5, 0.6) is 0 Å². The quantitative estimate of drug-likeness (QED) is 0.803. The zero-order valence-corrected chi connectivity index (χ0v) is 14.7. The molecule has 128 valence electrons. The van der Waals surface area contributed by atoms with Crippen LogP contribution in [-0.2, 0) is 4.79 Å². The second-order valence-electron chi connectivity index (χ2n) is 5.88. The molecule has 0 spiro atoms. The number of hydrogen-bond acceptors (Lipinski definition) is 5. The maximum atomic E-state index is 12.8. The van der Waals surface area contributed by atoms with Gasteiger partial charge < -0.3 is 10.2 Å². The molecule has 3 heterocycles. The normalized spacial score (nSPS) is 17.4. The van der Waals surface area contributed by atoms with Gasteiger partial charge in [0, 0.05) is 29.6 Å². The van der Waals surface area contributed by atoms with Gasteiger partial charge in [-0.15, -0.1) is 11.8 Å². The Morgan fingerprint density at radius 3 is 3.12 bits per heavy atom. The van der Waals surface area contributed by atoms with Crippen molar-refractivity contribution in [2.45, 2.75) is 32.7 Å². The van der Waals surface area contributed by atoms with Crippen LogP contribution in [0.1, 0.15) is 35.8 Å². The number of aromatic nitrogens is 3. The highest BCUT2D eigenvalue weighted by Gasteiger charge is 2.35. The molecule has 3 rings (SSSR count). The Kier molecular flexibility index (Phi) is 5.03. The van der Waals surface area contributed by atoms with Gasteiger partial charge in [-0.2, -0.15) is 5.10 Å². The van der Waals surface area contributed by atoms with E-state index in [0.717, 1.165) is 23.9 Å². The van der Waals surface area contributed by atoms with Crippen molar-refractivity contribution >= 4 is 34.6 Å². The van der Waals surface area contributed by atoms with E-state index in [0.29, 0.717) is 29.4 Å². The highest BCUT2D eigenvalue weighted by atomic mass is 32.2. The first-order chi connectivity index (χ1) is 11.6.